The molecule has 0 radical (unpaired) electrons. The maximum Gasteiger partial charge on any atom is 0.457 e. The Morgan fingerprint density at radius 2 is 2.00 bits per heavy atom. The van der Waals surface area contributed by atoms with Crippen molar-refractivity contribution in [2.75, 3.05) is 0 Å². The molecule has 1 fully saturated rings. The lowest BCUT2D eigenvalue weighted by Gasteiger charge is -2.28. The molecule has 1 saturated carbocycles. The van der Waals surface area contributed by atoms with Crippen molar-refractivity contribution in [3.63, 3.8) is 0 Å². The zero-order valence-electron chi connectivity index (χ0n) is 6.08. The van der Waals surface area contributed by atoms with Crippen LogP contribution in [-0.2, 0) is 0 Å². The van der Waals surface area contributed by atoms with Crippen LogP contribution in [0.25, 0.3) is 0 Å². The Balaban J connectivity index is 2.51. The summed E-state index contributed by atoms with van der Waals surface area (Å²) in [7, 11) is -1.56. The van der Waals surface area contributed by atoms with Crippen LogP contribution in [0, 0.1) is 0 Å². The van der Waals surface area contributed by atoms with Gasteiger partial charge in [0.1, 0.15) is 6.17 Å². The zero-order valence-corrected chi connectivity index (χ0v) is 6.84. The van der Waals surface area contributed by atoms with Gasteiger partial charge in [-0.3, -0.25) is 0 Å². The van der Waals surface area contributed by atoms with Crippen LogP contribution in [0.1, 0.15) is 19.3 Å². The van der Waals surface area contributed by atoms with E-state index in [0.717, 1.165) is 6.42 Å². The predicted molar refractivity (Wildman–Crippen MR) is 42.3 cm³/mol. The van der Waals surface area contributed by atoms with Gasteiger partial charge in [-0.15, -0.1) is 11.6 Å². The molecule has 0 heterocycles. The van der Waals surface area contributed by atoms with E-state index in [1.54, 1.807) is 0 Å². The highest BCUT2D eigenvalue weighted by molar-refractivity contribution is 6.43. The fourth-order valence-corrected chi connectivity index (χ4v) is 1.79. The van der Waals surface area contributed by atoms with Gasteiger partial charge in [0.2, 0.25) is 0 Å². The Labute approximate surface area is 70.5 Å². The van der Waals surface area contributed by atoms with Crippen molar-refractivity contribution in [1.82, 2.24) is 0 Å². The van der Waals surface area contributed by atoms with E-state index in [1.807, 2.05) is 0 Å². The number of hydrogen-bond acceptors (Lipinski definition) is 2. The zero-order chi connectivity index (χ0) is 8.43. The molecule has 1 aliphatic rings. The molecule has 0 saturated heterocycles. The molecule has 2 nitrogen and oxygen atoms in total. The van der Waals surface area contributed by atoms with Crippen LogP contribution in [0.2, 0.25) is 5.82 Å². The number of alkyl halides is 2. The van der Waals surface area contributed by atoms with Crippen molar-refractivity contribution < 1.29 is 14.4 Å². The lowest BCUT2D eigenvalue weighted by molar-refractivity contribution is 0.223. The van der Waals surface area contributed by atoms with Crippen LogP contribution in [-0.4, -0.2) is 28.7 Å². The van der Waals surface area contributed by atoms with Crippen molar-refractivity contribution in [3.8, 4) is 0 Å². The second-order valence-corrected chi connectivity index (χ2v) is 3.53. The van der Waals surface area contributed by atoms with Crippen molar-refractivity contribution in [2.45, 2.75) is 36.6 Å². The third-order valence-electron chi connectivity index (χ3n) is 2.15. The first kappa shape index (κ1) is 9.29. The van der Waals surface area contributed by atoms with Crippen LogP contribution in [0.3, 0.4) is 0 Å². The molecular weight excluding hydrogens is 169 g/mol. The monoisotopic (exact) mass is 180 g/mol. The highest BCUT2D eigenvalue weighted by Gasteiger charge is 2.38. The predicted octanol–water partition coefficient (Wildman–Crippen LogP) is 0.959. The first-order valence-corrected chi connectivity index (χ1v) is 4.21. The Kier molecular flexibility index (Phi) is 3.16. The number of rotatable bonds is 1. The van der Waals surface area contributed by atoms with E-state index in [4.69, 9.17) is 21.6 Å². The minimum absolute atomic E-state index is 0.516. The van der Waals surface area contributed by atoms with Crippen molar-refractivity contribution in [1.29, 1.82) is 0 Å². The molecule has 5 heteroatoms. The van der Waals surface area contributed by atoms with Gasteiger partial charge < -0.3 is 10.0 Å². The topological polar surface area (TPSA) is 40.5 Å². The molecule has 0 aliphatic heterocycles. The summed E-state index contributed by atoms with van der Waals surface area (Å²) < 4.78 is 13.0. The summed E-state index contributed by atoms with van der Waals surface area (Å²) >= 11 is 5.61. The van der Waals surface area contributed by atoms with Gasteiger partial charge in [-0.05, 0) is 12.8 Å². The van der Waals surface area contributed by atoms with Gasteiger partial charge in [0, 0.05) is 5.82 Å². The molecule has 1 rings (SSSR count). The van der Waals surface area contributed by atoms with Crippen LogP contribution < -0.4 is 0 Å². The third kappa shape index (κ3) is 2.07. The molecular formula is C6H11BClFO2. The largest absolute Gasteiger partial charge is 0.457 e. The third-order valence-corrected chi connectivity index (χ3v) is 2.61. The van der Waals surface area contributed by atoms with Gasteiger partial charge in [-0.2, -0.15) is 0 Å². The summed E-state index contributed by atoms with van der Waals surface area (Å²) in [5.74, 6) is -0.689. The molecule has 0 aromatic rings. The van der Waals surface area contributed by atoms with E-state index in [2.05, 4.69) is 0 Å². The fourth-order valence-electron chi connectivity index (χ4n) is 1.45. The van der Waals surface area contributed by atoms with Gasteiger partial charge in [-0.1, -0.05) is 6.42 Å². The molecule has 3 unspecified atom stereocenters. The lowest BCUT2D eigenvalue weighted by Crippen LogP contribution is -2.36. The maximum absolute atomic E-state index is 13.0. The Bertz CT molecular complexity index is 136. The molecule has 2 N–H and O–H groups in total. The molecule has 0 bridgehead atoms. The molecule has 1 aliphatic carbocycles. The van der Waals surface area contributed by atoms with Gasteiger partial charge in [-0.25, -0.2) is 4.39 Å². The van der Waals surface area contributed by atoms with E-state index >= 15 is 0 Å². The van der Waals surface area contributed by atoms with E-state index in [9.17, 15) is 4.39 Å². The quantitative estimate of drug-likeness (QED) is 0.466. The van der Waals surface area contributed by atoms with Crippen LogP contribution >= 0.6 is 11.6 Å². The minimum atomic E-state index is -1.56. The second-order valence-electron chi connectivity index (χ2n) is 2.97. The van der Waals surface area contributed by atoms with Crippen molar-refractivity contribution in [3.05, 3.63) is 0 Å². The highest BCUT2D eigenvalue weighted by atomic mass is 35.5. The molecule has 0 amide bonds. The molecule has 11 heavy (non-hydrogen) atoms. The Morgan fingerprint density at radius 1 is 1.36 bits per heavy atom. The summed E-state index contributed by atoms with van der Waals surface area (Å²) in [5, 5.41) is 16.9. The van der Waals surface area contributed by atoms with E-state index in [-0.39, 0.29) is 0 Å². The van der Waals surface area contributed by atoms with Gasteiger partial charge >= 0.3 is 7.12 Å². The molecule has 3 atom stereocenters. The maximum atomic E-state index is 13.0. The summed E-state index contributed by atoms with van der Waals surface area (Å²) in [5.41, 5.74) is 0. The standard InChI is InChI=1S/C6H11BClFO2/c8-5-3-1-2-4(6(5)9)7(10)11/h4-6,10-11H,1-3H2. The summed E-state index contributed by atoms with van der Waals surface area (Å²) in [6, 6.07) is 0. The van der Waals surface area contributed by atoms with E-state index in [0.29, 0.717) is 12.8 Å². The SMILES string of the molecule is OB(O)C1CCCC(Cl)C1F. The average molecular weight is 180 g/mol. The summed E-state index contributed by atoms with van der Waals surface area (Å²) in [4.78, 5) is 0. The van der Waals surface area contributed by atoms with Crippen LogP contribution in [0.4, 0.5) is 4.39 Å². The highest BCUT2D eigenvalue weighted by Crippen LogP contribution is 2.35. The van der Waals surface area contributed by atoms with E-state index in [1.165, 1.54) is 0 Å². The first-order valence-electron chi connectivity index (χ1n) is 3.77. The summed E-state index contributed by atoms with van der Waals surface area (Å²) in [6.07, 6.45) is 0.649. The average Bonchev–Trinajstić information content (AvgIpc) is 1.94. The number of halogens is 2. The summed E-state index contributed by atoms with van der Waals surface area (Å²) in [6.45, 7) is 0. The van der Waals surface area contributed by atoms with Gasteiger partial charge in [0.05, 0.1) is 5.38 Å². The second kappa shape index (κ2) is 3.74. The minimum Gasteiger partial charge on any atom is -0.427 e. The molecule has 0 aromatic carbocycles. The van der Waals surface area contributed by atoms with Crippen molar-refractivity contribution in [2.24, 2.45) is 0 Å². The molecule has 0 aromatic heterocycles. The van der Waals surface area contributed by atoms with Crippen LogP contribution in [0.5, 0.6) is 0 Å². The Morgan fingerprint density at radius 3 is 2.45 bits per heavy atom. The Hall–Kier alpha value is 0.205. The lowest BCUT2D eigenvalue weighted by atomic mass is 9.64. The first-order chi connectivity index (χ1) is 5.13. The number of hydrogen-bond donors (Lipinski definition) is 2. The molecule has 64 valence electrons. The van der Waals surface area contributed by atoms with Crippen molar-refractivity contribution >= 4 is 18.7 Å². The smallest absolute Gasteiger partial charge is 0.427 e. The van der Waals surface area contributed by atoms with Gasteiger partial charge in [0.25, 0.3) is 0 Å². The molecule has 0 spiro atoms. The van der Waals surface area contributed by atoms with Crippen LogP contribution in [0.15, 0.2) is 0 Å². The van der Waals surface area contributed by atoms with Gasteiger partial charge in [0.15, 0.2) is 0 Å². The van der Waals surface area contributed by atoms with E-state index < -0.39 is 24.5 Å². The normalized spacial score (nSPS) is 38.7. The fraction of sp³-hybridized carbons (Fsp3) is 1.00.